The topological polar surface area (TPSA) is 45.6 Å². The maximum absolute atomic E-state index is 5.66. The zero-order valence-corrected chi connectivity index (χ0v) is 12.1. The van der Waals surface area contributed by atoms with E-state index in [4.69, 9.17) is 4.74 Å². The lowest BCUT2D eigenvalue weighted by Crippen LogP contribution is -2.41. The van der Waals surface area contributed by atoms with Crippen molar-refractivity contribution in [2.45, 2.75) is 25.7 Å². The maximum Gasteiger partial charge on any atom is 0.191 e. The summed E-state index contributed by atoms with van der Waals surface area (Å²) in [5, 5.41) is 6.58. The van der Waals surface area contributed by atoms with E-state index in [0.29, 0.717) is 0 Å². The second-order valence-electron chi connectivity index (χ2n) is 4.99. The third-order valence-corrected chi connectivity index (χ3v) is 3.28. The van der Waals surface area contributed by atoms with Crippen molar-refractivity contribution in [3.8, 4) is 0 Å². The Morgan fingerprint density at radius 2 is 2.05 bits per heavy atom. The van der Waals surface area contributed by atoms with E-state index in [1.165, 1.54) is 5.56 Å². The van der Waals surface area contributed by atoms with Gasteiger partial charge in [0, 0.05) is 26.2 Å². The molecule has 0 amide bonds. The fourth-order valence-electron chi connectivity index (χ4n) is 2.12. The van der Waals surface area contributed by atoms with Crippen LogP contribution in [-0.4, -0.2) is 38.8 Å². The Bertz CT molecular complexity index is 392. The van der Waals surface area contributed by atoms with Crippen LogP contribution in [-0.2, 0) is 11.2 Å². The smallest absolute Gasteiger partial charge is 0.191 e. The van der Waals surface area contributed by atoms with Crippen molar-refractivity contribution in [2.24, 2.45) is 4.99 Å². The minimum absolute atomic E-state index is 0.811. The third kappa shape index (κ3) is 6.06. The van der Waals surface area contributed by atoms with E-state index in [9.17, 15) is 0 Å². The van der Waals surface area contributed by atoms with Gasteiger partial charge in [0.2, 0.25) is 0 Å². The lowest BCUT2D eigenvalue weighted by Gasteiger charge is -2.15. The summed E-state index contributed by atoms with van der Waals surface area (Å²) >= 11 is 0. The van der Waals surface area contributed by atoms with Gasteiger partial charge in [-0.1, -0.05) is 30.3 Å². The first-order chi connectivity index (χ1) is 9.95. The number of aliphatic imine (C=N–C) groups is 1. The van der Waals surface area contributed by atoms with Crippen molar-refractivity contribution in [1.82, 2.24) is 10.6 Å². The molecule has 20 heavy (non-hydrogen) atoms. The van der Waals surface area contributed by atoms with Gasteiger partial charge in [-0.25, -0.2) is 0 Å². The summed E-state index contributed by atoms with van der Waals surface area (Å²) in [6.07, 6.45) is 4.35. The van der Waals surface area contributed by atoms with Gasteiger partial charge in [0.15, 0.2) is 5.96 Å². The van der Waals surface area contributed by atoms with E-state index in [1.54, 1.807) is 0 Å². The Balaban J connectivity index is 1.41. The van der Waals surface area contributed by atoms with Gasteiger partial charge >= 0.3 is 0 Å². The minimum Gasteiger partial charge on any atom is -0.381 e. The molecule has 0 spiro atoms. The van der Waals surface area contributed by atoms with Crippen LogP contribution in [0.1, 0.15) is 24.8 Å². The van der Waals surface area contributed by atoms with Crippen LogP contribution >= 0.6 is 0 Å². The maximum atomic E-state index is 5.66. The Hall–Kier alpha value is -1.55. The molecule has 2 rings (SSSR count). The number of hydrogen-bond donors (Lipinski definition) is 2. The number of nitrogens with zero attached hydrogens (tertiary/aromatic N) is 1. The van der Waals surface area contributed by atoms with Crippen LogP contribution in [0, 0.1) is 0 Å². The zero-order chi connectivity index (χ0) is 13.9. The van der Waals surface area contributed by atoms with Gasteiger partial charge in [-0.05, 0) is 31.2 Å². The molecule has 0 fully saturated rings. The summed E-state index contributed by atoms with van der Waals surface area (Å²) < 4.78 is 5.66. The first-order valence-corrected chi connectivity index (χ1v) is 7.59. The predicted octanol–water partition coefficient (Wildman–Crippen LogP) is 1.96. The lowest BCUT2D eigenvalue weighted by molar-refractivity contribution is 0.133. The van der Waals surface area contributed by atoms with E-state index in [0.717, 1.165) is 64.5 Å². The van der Waals surface area contributed by atoms with Gasteiger partial charge in [0.25, 0.3) is 0 Å². The Kier molecular flexibility index (Phi) is 6.96. The molecule has 0 atom stereocenters. The predicted molar refractivity (Wildman–Crippen MR) is 83.1 cm³/mol. The molecular weight excluding hydrogens is 250 g/mol. The Morgan fingerprint density at radius 1 is 1.15 bits per heavy atom. The highest BCUT2D eigenvalue weighted by Gasteiger charge is 2.01. The second-order valence-corrected chi connectivity index (χ2v) is 4.99. The highest BCUT2D eigenvalue weighted by molar-refractivity contribution is 5.80. The molecule has 1 aliphatic rings. The molecule has 0 saturated carbocycles. The first-order valence-electron chi connectivity index (χ1n) is 7.59. The van der Waals surface area contributed by atoms with E-state index in [1.807, 2.05) is 6.07 Å². The number of benzene rings is 1. The van der Waals surface area contributed by atoms with E-state index >= 15 is 0 Å². The molecule has 1 aromatic carbocycles. The van der Waals surface area contributed by atoms with Gasteiger partial charge in [-0.2, -0.15) is 0 Å². The third-order valence-electron chi connectivity index (χ3n) is 3.28. The molecule has 0 bridgehead atoms. The molecule has 0 aliphatic carbocycles. The fraction of sp³-hybridized carbons (Fsp3) is 0.562. The van der Waals surface area contributed by atoms with Crippen LogP contribution in [0.4, 0.5) is 0 Å². The molecule has 1 aliphatic heterocycles. The number of hydrogen-bond acceptors (Lipinski definition) is 4. The zero-order valence-electron chi connectivity index (χ0n) is 12.1. The fourth-order valence-corrected chi connectivity index (χ4v) is 2.12. The van der Waals surface area contributed by atoms with Crippen molar-refractivity contribution >= 4 is 5.96 Å². The van der Waals surface area contributed by atoms with E-state index < -0.39 is 0 Å². The van der Waals surface area contributed by atoms with Crippen molar-refractivity contribution in [2.75, 3.05) is 32.8 Å². The van der Waals surface area contributed by atoms with Crippen molar-refractivity contribution < 1.29 is 4.74 Å². The number of rotatable bonds is 8. The summed E-state index contributed by atoms with van der Waals surface area (Å²) in [6.45, 7) is 4.60. The molecule has 0 unspecified atom stereocenters. The van der Waals surface area contributed by atoms with Crippen LogP contribution in [0.2, 0.25) is 0 Å². The Labute approximate surface area is 121 Å². The molecule has 1 heterocycles. The Morgan fingerprint density at radius 3 is 2.85 bits per heavy atom. The molecule has 1 aromatic rings. The second kappa shape index (κ2) is 9.37. The number of guanidine groups is 1. The van der Waals surface area contributed by atoms with Crippen molar-refractivity contribution in [3.63, 3.8) is 0 Å². The van der Waals surface area contributed by atoms with Gasteiger partial charge in [0.1, 0.15) is 0 Å². The molecule has 0 radical (unpaired) electrons. The molecule has 4 nitrogen and oxygen atoms in total. The first kappa shape index (κ1) is 14.9. The van der Waals surface area contributed by atoms with Crippen LogP contribution < -0.4 is 10.6 Å². The van der Waals surface area contributed by atoms with E-state index in [-0.39, 0.29) is 0 Å². The quantitative estimate of drug-likeness (QED) is 0.713. The molecule has 0 aromatic heterocycles. The van der Waals surface area contributed by atoms with Crippen LogP contribution in [0.25, 0.3) is 0 Å². The highest BCUT2D eigenvalue weighted by Crippen LogP contribution is 2.00. The number of nitrogens with one attached hydrogen (secondary N) is 2. The van der Waals surface area contributed by atoms with Gasteiger partial charge in [-0.3, -0.25) is 4.99 Å². The van der Waals surface area contributed by atoms with Crippen LogP contribution in [0.3, 0.4) is 0 Å². The van der Waals surface area contributed by atoms with Gasteiger partial charge in [0.05, 0.1) is 6.61 Å². The van der Waals surface area contributed by atoms with Crippen LogP contribution in [0.5, 0.6) is 0 Å². The minimum atomic E-state index is 0.811. The van der Waals surface area contributed by atoms with Gasteiger partial charge < -0.3 is 15.4 Å². The SMILES string of the molecule is c1ccc(CCOCCCCNC2=NCCCN2)cc1. The molecule has 4 heteroatoms. The summed E-state index contributed by atoms with van der Waals surface area (Å²) in [4.78, 5) is 4.37. The lowest BCUT2D eigenvalue weighted by atomic mass is 10.2. The normalized spacial score (nSPS) is 14.5. The monoisotopic (exact) mass is 275 g/mol. The molecule has 0 saturated heterocycles. The average Bonchev–Trinajstić information content (AvgIpc) is 2.52. The number of ether oxygens (including phenoxy) is 1. The van der Waals surface area contributed by atoms with Gasteiger partial charge in [-0.15, -0.1) is 0 Å². The average molecular weight is 275 g/mol. The molecular formula is C16H25N3O. The summed E-state index contributed by atoms with van der Waals surface area (Å²) in [5.41, 5.74) is 1.34. The van der Waals surface area contributed by atoms with Crippen molar-refractivity contribution in [1.29, 1.82) is 0 Å². The highest BCUT2D eigenvalue weighted by atomic mass is 16.5. The largest absolute Gasteiger partial charge is 0.381 e. The number of unbranched alkanes of at least 4 members (excludes halogenated alkanes) is 1. The summed E-state index contributed by atoms with van der Waals surface area (Å²) in [6, 6.07) is 10.5. The van der Waals surface area contributed by atoms with Crippen LogP contribution in [0.15, 0.2) is 35.3 Å². The van der Waals surface area contributed by atoms with Crippen molar-refractivity contribution in [3.05, 3.63) is 35.9 Å². The standard InChI is InChI=1S/C16H25N3O/c1-2-7-15(8-3-1)9-14-20-13-5-4-10-17-16-18-11-6-12-19-16/h1-3,7-8H,4-6,9-14H2,(H2,17,18,19). The van der Waals surface area contributed by atoms with E-state index in [2.05, 4.69) is 39.9 Å². The molecule has 2 N–H and O–H groups in total. The summed E-state index contributed by atoms with van der Waals surface area (Å²) in [7, 11) is 0. The molecule has 110 valence electrons. The summed E-state index contributed by atoms with van der Waals surface area (Å²) in [5.74, 6) is 0.959.